The average Bonchev–Trinajstić information content (AvgIpc) is 2.21. The summed E-state index contributed by atoms with van der Waals surface area (Å²) >= 11 is 1.89. The summed E-state index contributed by atoms with van der Waals surface area (Å²) in [5, 5.41) is 0. The standard InChI is InChI=1S/C10H10F2INO2/c1-3-16-10(15)7-5(2)9(13)14-4-6(7)8(11)12/h4,8H,3H2,1-2H3. The molecule has 0 aliphatic carbocycles. The van der Waals surface area contributed by atoms with Gasteiger partial charge in [-0.2, -0.15) is 0 Å². The number of carbonyl (C=O) groups excluding carboxylic acids is 1. The van der Waals surface area contributed by atoms with E-state index in [2.05, 4.69) is 4.98 Å². The largest absolute Gasteiger partial charge is 0.462 e. The smallest absolute Gasteiger partial charge is 0.339 e. The molecule has 1 rings (SSSR count). The topological polar surface area (TPSA) is 39.2 Å². The first-order valence-corrected chi connectivity index (χ1v) is 5.67. The predicted octanol–water partition coefficient (Wildman–Crippen LogP) is 3.11. The summed E-state index contributed by atoms with van der Waals surface area (Å²) in [5.74, 6) is -0.726. The zero-order valence-electron chi connectivity index (χ0n) is 8.76. The van der Waals surface area contributed by atoms with Gasteiger partial charge in [-0.25, -0.2) is 18.6 Å². The van der Waals surface area contributed by atoms with E-state index in [4.69, 9.17) is 4.74 Å². The molecule has 0 amide bonds. The lowest BCUT2D eigenvalue weighted by Gasteiger charge is -2.11. The molecule has 0 atom stereocenters. The minimum Gasteiger partial charge on any atom is -0.462 e. The maximum absolute atomic E-state index is 12.7. The van der Waals surface area contributed by atoms with Crippen LogP contribution in [0, 0.1) is 10.6 Å². The highest BCUT2D eigenvalue weighted by Gasteiger charge is 2.23. The monoisotopic (exact) mass is 341 g/mol. The van der Waals surface area contributed by atoms with Crippen molar-refractivity contribution >= 4 is 28.6 Å². The molecule has 1 aromatic rings. The van der Waals surface area contributed by atoms with Crippen molar-refractivity contribution in [3.05, 3.63) is 26.6 Å². The molecule has 0 unspecified atom stereocenters. The number of hydrogen-bond acceptors (Lipinski definition) is 3. The number of esters is 1. The van der Waals surface area contributed by atoms with Crippen LogP contribution < -0.4 is 0 Å². The summed E-state index contributed by atoms with van der Waals surface area (Å²) in [7, 11) is 0. The number of halogens is 3. The minimum atomic E-state index is -2.73. The second-order valence-corrected chi connectivity index (χ2v) is 4.05. The number of rotatable bonds is 3. The second-order valence-electron chi connectivity index (χ2n) is 3.03. The van der Waals surface area contributed by atoms with E-state index < -0.39 is 12.4 Å². The van der Waals surface area contributed by atoms with Crippen molar-refractivity contribution in [2.45, 2.75) is 20.3 Å². The van der Waals surface area contributed by atoms with E-state index in [-0.39, 0.29) is 17.7 Å². The number of aromatic nitrogens is 1. The molecule has 3 nitrogen and oxygen atoms in total. The summed E-state index contributed by atoms with van der Waals surface area (Å²) in [5.41, 5.74) is -0.0236. The van der Waals surface area contributed by atoms with Gasteiger partial charge in [0.2, 0.25) is 0 Å². The number of ether oxygens (including phenoxy) is 1. The highest BCUT2D eigenvalue weighted by atomic mass is 127. The van der Waals surface area contributed by atoms with Gasteiger partial charge >= 0.3 is 5.97 Å². The molecule has 1 aromatic heterocycles. The average molecular weight is 341 g/mol. The first-order valence-electron chi connectivity index (χ1n) is 4.59. The highest BCUT2D eigenvalue weighted by Crippen LogP contribution is 2.27. The normalized spacial score (nSPS) is 10.6. The van der Waals surface area contributed by atoms with Crippen molar-refractivity contribution in [3.63, 3.8) is 0 Å². The van der Waals surface area contributed by atoms with Crippen molar-refractivity contribution in [2.24, 2.45) is 0 Å². The first kappa shape index (κ1) is 13.3. The minimum absolute atomic E-state index is 0.0729. The molecule has 0 N–H and O–H groups in total. The van der Waals surface area contributed by atoms with Crippen molar-refractivity contribution in [2.75, 3.05) is 6.61 Å². The lowest BCUT2D eigenvalue weighted by atomic mass is 10.1. The lowest BCUT2D eigenvalue weighted by molar-refractivity contribution is 0.0514. The Bertz CT molecular complexity index is 410. The molecule has 0 fully saturated rings. The van der Waals surface area contributed by atoms with E-state index in [1.807, 2.05) is 22.6 Å². The summed E-state index contributed by atoms with van der Waals surface area (Å²) in [6.45, 7) is 3.36. The molecule has 6 heteroatoms. The molecule has 0 aliphatic heterocycles. The van der Waals surface area contributed by atoms with Crippen LogP contribution in [0.3, 0.4) is 0 Å². The number of hydrogen-bond donors (Lipinski definition) is 0. The highest BCUT2D eigenvalue weighted by molar-refractivity contribution is 14.1. The van der Waals surface area contributed by atoms with Crippen LogP contribution in [0.2, 0.25) is 0 Å². The molecular weight excluding hydrogens is 331 g/mol. The van der Waals surface area contributed by atoms with E-state index in [0.29, 0.717) is 9.26 Å². The van der Waals surface area contributed by atoms with Gasteiger partial charge in [-0.3, -0.25) is 0 Å². The van der Waals surface area contributed by atoms with Gasteiger partial charge in [0.15, 0.2) is 0 Å². The Morgan fingerprint density at radius 1 is 1.62 bits per heavy atom. The number of pyridine rings is 1. The van der Waals surface area contributed by atoms with Gasteiger partial charge in [-0.15, -0.1) is 0 Å². The molecule has 0 saturated heterocycles. The predicted molar refractivity (Wildman–Crippen MR) is 62.6 cm³/mol. The van der Waals surface area contributed by atoms with Gasteiger partial charge in [0.1, 0.15) is 3.70 Å². The zero-order chi connectivity index (χ0) is 12.3. The van der Waals surface area contributed by atoms with E-state index in [0.717, 1.165) is 6.20 Å². The van der Waals surface area contributed by atoms with E-state index in [1.54, 1.807) is 13.8 Å². The van der Waals surface area contributed by atoms with Crippen LogP contribution in [-0.4, -0.2) is 17.6 Å². The molecule has 0 bridgehead atoms. The van der Waals surface area contributed by atoms with Crippen molar-refractivity contribution in [3.8, 4) is 0 Å². The Morgan fingerprint density at radius 3 is 2.75 bits per heavy atom. The molecule has 0 aliphatic rings. The Labute approximate surface area is 105 Å². The fourth-order valence-corrected chi connectivity index (χ4v) is 1.66. The van der Waals surface area contributed by atoms with Gasteiger partial charge in [-0.1, -0.05) is 0 Å². The summed E-state index contributed by atoms with van der Waals surface area (Å²) in [6, 6.07) is 0. The molecule has 88 valence electrons. The lowest BCUT2D eigenvalue weighted by Crippen LogP contribution is -2.12. The summed E-state index contributed by atoms with van der Waals surface area (Å²) in [4.78, 5) is 15.4. The third-order valence-electron chi connectivity index (χ3n) is 2.00. The Hall–Kier alpha value is -0.790. The number of alkyl halides is 2. The van der Waals surface area contributed by atoms with Crippen LogP contribution in [-0.2, 0) is 4.74 Å². The van der Waals surface area contributed by atoms with Crippen molar-refractivity contribution < 1.29 is 18.3 Å². The third-order valence-corrected chi connectivity index (χ3v) is 3.09. The molecule has 16 heavy (non-hydrogen) atoms. The molecule has 0 saturated carbocycles. The SMILES string of the molecule is CCOC(=O)c1c(C(F)F)cnc(I)c1C. The van der Waals surface area contributed by atoms with Gasteiger partial charge in [0.25, 0.3) is 6.43 Å². The number of nitrogens with zero attached hydrogens (tertiary/aromatic N) is 1. The van der Waals surface area contributed by atoms with Crippen molar-refractivity contribution in [1.82, 2.24) is 4.98 Å². The molecular formula is C10H10F2INO2. The Kier molecular flexibility index (Phi) is 4.57. The maximum Gasteiger partial charge on any atom is 0.339 e. The zero-order valence-corrected chi connectivity index (χ0v) is 10.9. The van der Waals surface area contributed by atoms with E-state index in [9.17, 15) is 13.6 Å². The van der Waals surface area contributed by atoms with Crippen LogP contribution >= 0.6 is 22.6 Å². The number of carbonyl (C=O) groups is 1. The van der Waals surface area contributed by atoms with Gasteiger partial charge in [0, 0.05) is 6.20 Å². The Morgan fingerprint density at radius 2 is 2.25 bits per heavy atom. The fourth-order valence-electron chi connectivity index (χ4n) is 1.25. The molecule has 0 radical (unpaired) electrons. The van der Waals surface area contributed by atoms with Crippen LogP contribution in [0.4, 0.5) is 8.78 Å². The van der Waals surface area contributed by atoms with E-state index in [1.165, 1.54) is 0 Å². The first-order chi connectivity index (χ1) is 7.49. The molecule has 0 spiro atoms. The quantitative estimate of drug-likeness (QED) is 0.482. The van der Waals surface area contributed by atoms with Crippen LogP contribution in [0.5, 0.6) is 0 Å². The van der Waals surface area contributed by atoms with Crippen molar-refractivity contribution in [1.29, 1.82) is 0 Å². The van der Waals surface area contributed by atoms with Gasteiger partial charge in [-0.05, 0) is 42.0 Å². The van der Waals surface area contributed by atoms with Crippen LogP contribution in [0.15, 0.2) is 6.20 Å². The summed E-state index contributed by atoms with van der Waals surface area (Å²) in [6.07, 6.45) is -1.71. The molecule has 0 aromatic carbocycles. The third kappa shape index (κ3) is 2.66. The van der Waals surface area contributed by atoms with Crippen LogP contribution in [0.25, 0.3) is 0 Å². The van der Waals surface area contributed by atoms with Gasteiger partial charge in [0.05, 0.1) is 17.7 Å². The van der Waals surface area contributed by atoms with Crippen LogP contribution in [0.1, 0.15) is 34.8 Å². The maximum atomic E-state index is 12.7. The Balaban J connectivity index is 3.31. The van der Waals surface area contributed by atoms with E-state index >= 15 is 0 Å². The molecule has 1 heterocycles. The fraction of sp³-hybridized carbons (Fsp3) is 0.400. The summed E-state index contributed by atoms with van der Waals surface area (Å²) < 4.78 is 30.6. The second kappa shape index (κ2) is 5.51. The van der Waals surface area contributed by atoms with Gasteiger partial charge < -0.3 is 4.74 Å².